The highest BCUT2D eigenvalue weighted by Gasteiger charge is 2.51. The highest BCUT2D eigenvalue weighted by molar-refractivity contribution is 6.10. The maximum absolute atomic E-state index is 15.5. The number of carbonyl (C=O) groups excluding carboxylic acids is 5. The van der Waals surface area contributed by atoms with Crippen LogP contribution in [-0.2, 0) is 35.1 Å². The fourth-order valence-electron chi connectivity index (χ4n) is 6.03. The Bertz CT molecular complexity index is 1300. The molecule has 2 aliphatic rings. The lowest BCUT2D eigenvalue weighted by atomic mass is 9.83. The van der Waals surface area contributed by atoms with Gasteiger partial charge in [0, 0.05) is 32.6 Å². The van der Waals surface area contributed by atoms with Gasteiger partial charge in [-0.3, -0.25) is 24.1 Å². The number of alkyl carbamates (subject to hydrolysis) is 1. The Labute approximate surface area is 293 Å². The van der Waals surface area contributed by atoms with E-state index in [2.05, 4.69) is 27.8 Å². The summed E-state index contributed by atoms with van der Waals surface area (Å²) >= 11 is 0. The van der Waals surface area contributed by atoms with Crippen molar-refractivity contribution in [3.63, 3.8) is 0 Å². The van der Waals surface area contributed by atoms with E-state index < -0.39 is 59.2 Å². The van der Waals surface area contributed by atoms with Crippen molar-refractivity contribution in [2.24, 2.45) is 5.92 Å². The highest BCUT2D eigenvalue weighted by atomic mass is 19.3. The van der Waals surface area contributed by atoms with E-state index in [0.717, 1.165) is 24.8 Å². The Kier molecular flexibility index (Phi) is 15.8. The van der Waals surface area contributed by atoms with Crippen molar-refractivity contribution in [1.82, 2.24) is 26.2 Å². The van der Waals surface area contributed by atoms with E-state index in [-0.39, 0.29) is 31.7 Å². The lowest BCUT2D eigenvalue weighted by Gasteiger charge is -2.30. The normalized spacial score (nSPS) is 17.8. The van der Waals surface area contributed by atoms with Gasteiger partial charge in [-0.15, -0.1) is 6.58 Å². The molecular weight excluding hydrogens is 652 g/mol. The summed E-state index contributed by atoms with van der Waals surface area (Å²) in [5, 5.41) is 9.76. The molecule has 1 aliphatic carbocycles. The van der Waals surface area contributed by atoms with Crippen LogP contribution in [0.4, 0.5) is 13.6 Å². The van der Waals surface area contributed by atoms with Gasteiger partial charge in [0.15, 0.2) is 0 Å². The largest absolute Gasteiger partial charge is 0.444 e. The van der Waals surface area contributed by atoms with Crippen molar-refractivity contribution in [1.29, 1.82) is 0 Å². The number of rotatable bonds is 17. The molecule has 0 radical (unpaired) electrons. The molecular formula is C36H53F2N5O7. The lowest BCUT2D eigenvalue weighted by Crippen LogP contribution is -2.59. The first-order chi connectivity index (χ1) is 23.7. The third kappa shape index (κ3) is 13.4. The van der Waals surface area contributed by atoms with Gasteiger partial charge in [-0.2, -0.15) is 8.78 Å². The van der Waals surface area contributed by atoms with E-state index in [4.69, 9.17) is 9.47 Å². The Balaban J connectivity index is 1.75. The number of amides is 4. The van der Waals surface area contributed by atoms with Crippen molar-refractivity contribution in [2.75, 3.05) is 39.4 Å². The molecule has 14 heteroatoms. The minimum atomic E-state index is -4.41. The number of hydrogen-bond donors (Lipinski definition) is 4. The molecule has 278 valence electrons. The maximum Gasteiger partial charge on any atom is 0.408 e. The molecule has 1 unspecified atom stereocenters. The molecule has 1 saturated heterocycles. The molecule has 2 fully saturated rings. The number of Topliss-reactive ketones (excluding diaryl/α,β-unsaturated/α-hetero) is 1. The molecule has 4 N–H and O–H groups in total. The Morgan fingerprint density at radius 3 is 2.18 bits per heavy atom. The molecule has 1 heterocycles. The van der Waals surface area contributed by atoms with E-state index in [1.165, 1.54) is 6.08 Å². The number of carbonyl (C=O) groups is 5. The fraction of sp³-hybridized carbons (Fsp3) is 0.639. The third-order valence-corrected chi connectivity index (χ3v) is 8.66. The first-order valence-electron chi connectivity index (χ1n) is 17.4. The first kappa shape index (κ1) is 40.5. The molecule has 1 aliphatic heterocycles. The van der Waals surface area contributed by atoms with E-state index in [1.54, 1.807) is 51.1 Å². The van der Waals surface area contributed by atoms with Gasteiger partial charge in [-0.05, 0) is 45.1 Å². The molecule has 0 aromatic heterocycles. The maximum atomic E-state index is 15.5. The van der Waals surface area contributed by atoms with Crippen LogP contribution in [0.5, 0.6) is 0 Å². The van der Waals surface area contributed by atoms with Crippen LogP contribution in [-0.4, -0.2) is 104 Å². The zero-order chi connectivity index (χ0) is 36.7. The fourth-order valence-corrected chi connectivity index (χ4v) is 6.03. The molecule has 4 amide bonds. The summed E-state index contributed by atoms with van der Waals surface area (Å²) in [5.41, 5.74) is -0.123. The number of nitrogens with zero attached hydrogens (tertiary/aromatic N) is 1. The minimum Gasteiger partial charge on any atom is -0.444 e. The molecule has 1 saturated carbocycles. The van der Waals surface area contributed by atoms with Crippen LogP contribution < -0.4 is 21.3 Å². The zero-order valence-electron chi connectivity index (χ0n) is 29.4. The highest BCUT2D eigenvalue weighted by Crippen LogP contribution is 2.29. The summed E-state index contributed by atoms with van der Waals surface area (Å²) in [6, 6.07) is 4.71. The Morgan fingerprint density at radius 2 is 1.56 bits per heavy atom. The second-order valence-corrected chi connectivity index (χ2v) is 13.9. The van der Waals surface area contributed by atoms with E-state index in [9.17, 15) is 24.0 Å². The Hall–Kier alpha value is -3.91. The summed E-state index contributed by atoms with van der Waals surface area (Å²) in [6.07, 6.45) is 4.50. The SMILES string of the molecule is C=CC[C@H](NC(=O)C(Cc1ccccc1)NC(=O)OC(C)(C)C)C(=O)N[C@@H](CC1CCCCC1)C(=O)C(F)(F)C(=O)NCCN1CCOCC1. The van der Waals surface area contributed by atoms with Gasteiger partial charge >= 0.3 is 12.0 Å². The van der Waals surface area contributed by atoms with Crippen LogP contribution >= 0.6 is 0 Å². The van der Waals surface area contributed by atoms with Crippen molar-refractivity contribution in [3.8, 4) is 0 Å². The predicted molar refractivity (Wildman–Crippen MR) is 183 cm³/mol. The summed E-state index contributed by atoms with van der Waals surface area (Å²) in [6.45, 7) is 11.1. The number of hydrogen-bond acceptors (Lipinski definition) is 8. The third-order valence-electron chi connectivity index (χ3n) is 8.66. The summed E-state index contributed by atoms with van der Waals surface area (Å²) < 4.78 is 41.5. The van der Waals surface area contributed by atoms with Crippen molar-refractivity contribution >= 4 is 29.6 Å². The van der Waals surface area contributed by atoms with Crippen LogP contribution in [0.15, 0.2) is 43.0 Å². The molecule has 50 heavy (non-hydrogen) atoms. The summed E-state index contributed by atoms with van der Waals surface area (Å²) in [7, 11) is 0. The number of morpholine rings is 1. The first-order valence-corrected chi connectivity index (χ1v) is 17.4. The van der Waals surface area contributed by atoms with Gasteiger partial charge in [-0.25, -0.2) is 4.79 Å². The van der Waals surface area contributed by atoms with Crippen LogP contribution in [0.1, 0.15) is 71.3 Å². The van der Waals surface area contributed by atoms with Gasteiger partial charge in [0.05, 0.1) is 19.3 Å². The van der Waals surface area contributed by atoms with Crippen molar-refractivity contribution in [2.45, 2.75) is 102 Å². The second-order valence-electron chi connectivity index (χ2n) is 13.9. The molecule has 3 atom stereocenters. The van der Waals surface area contributed by atoms with Crippen LogP contribution in [0, 0.1) is 5.92 Å². The smallest absolute Gasteiger partial charge is 0.408 e. The summed E-state index contributed by atoms with van der Waals surface area (Å²) in [4.78, 5) is 67.9. The van der Waals surface area contributed by atoms with E-state index >= 15 is 8.78 Å². The van der Waals surface area contributed by atoms with Gasteiger partial charge in [-0.1, -0.05) is 68.5 Å². The number of ketones is 1. The number of nitrogens with one attached hydrogen (secondary N) is 4. The predicted octanol–water partition coefficient (Wildman–Crippen LogP) is 3.29. The van der Waals surface area contributed by atoms with Gasteiger partial charge in [0.1, 0.15) is 17.7 Å². The zero-order valence-corrected chi connectivity index (χ0v) is 29.4. The second kappa shape index (κ2) is 19.5. The molecule has 3 rings (SSSR count). The molecule has 1 aromatic rings. The molecule has 0 bridgehead atoms. The van der Waals surface area contributed by atoms with Crippen LogP contribution in [0.2, 0.25) is 0 Å². The molecule has 1 aromatic carbocycles. The number of halogens is 2. The van der Waals surface area contributed by atoms with Gasteiger partial charge < -0.3 is 30.7 Å². The molecule has 0 spiro atoms. The Morgan fingerprint density at radius 1 is 0.940 bits per heavy atom. The lowest BCUT2D eigenvalue weighted by molar-refractivity contribution is -0.160. The van der Waals surface area contributed by atoms with Crippen LogP contribution in [0.3, 0.4) is 0 Å². The number of ether oxygens (including phenoxy) is 2. The average molecular weight is 706 g/mol. The van der Waals surface area contributed by atoms with Gasteiger partial charge in [0.25, 0.3) is 5.91 Å². The van der Waals surface area contributed by atoms with E-state index in [0.29, 0.717) is 45.7 Å². The van der Waals surface area contributed by atoms with Crippen molar-refractivity contribution in [3.05, 3.63) is 48.6 Å². The standard InChI is InChI=1S/C36H53F2N5O7/c1-5-12-27(40-32(46)29(24-26-15-10-7-11-16-26)42-34(48)50-35(2,3)4)31(45)41-28(23-25-13-8-6-9-14-25)30(44)36(37,38)33(47)39-17-18-43-19-21-49-22-20-43/h5,7,10-11,15-16,25,27-29H,1,6,8-9,12-14,17-24H2,2-4H3,(H,39,47)(H,40,46)(H,41,45)(H,42,48)/t27-,28-,29?/m0/s1. The quantitative estimate of drug-likeness (QED) is 0.142. The number of benzene rings is 1. The van der Waals surface area contributed by atoms with Gasteiger partial charge in [0.2, 0.25) is 17.6 Å². The minimum absolute atomic E-state index is 0.0595. The monoisotopic (exact) mass is 705 g/mol. The summed E-state index contributed by atoms with van der Waals surface area (Å²) in [5.74, 6) is -9.59. The van der Waals surface area contributed by atoms with Crippen LogP contribution in [0.25, 0.3) is 0 Å². The van der Waals surface area contributed by atoms with Crippen molar-refractivity contribution < 1.29 is 42.2 Å². The van der Waals surface area contributed by atoms with E-state index in [1.807, 2.05) is 4.90 Å². The average Bonchev–Trinajstić information content (AvgIpc) is 3.07. The number of alkyl halides is 2. The topological polar surface area (TPSA) is 155 Å². The molecule has 12 nitrogen and oxygen atoms in total.